The molecule has 0 spiro atoms. The van der Waals surface area contributed by atoms with E-state index in [1.807, 2.05) is 0 Å². The molecule has 1 saturated heterocycles. The highest BCUT2D eigenvalue weighted by molar-refractivity contribution is 4.82. The zero-order valence-electron chi connectivity index (χ0n) is 10.3. The van der Waals surface area contributed by atoms with E-state index in [0.717, 1.165) is 17.9 Å². The molecule has 0 radical (unpaired) electrons. The average Bonchev–Trinajstić information content (AvgIpc) is 2.86. The summed E-state index contributed by atoms with van der Waals surface area (Å²) in [6.07, 6.45) is 5.74. The predicted octanol–water partition coefficient (Wildman–Crippen LogP) is 2.11. The van der Waals surface area contributed by atoms with Crippen LogP contribution in [0.5, 0.6) is 0 Å². The third-order valence-electron chi connectivity index (χ3n) is 3.86. The summed E-state index contributed by atoms with van der Waals surface area (Å²) in [5, 5.41) is 3.66. The van der Waals surface area contributed by atoms with Gasteiger partial charge in [-0.05, 0) is 57.2 Å². The van der Waals surface area contributed by atoms with Crippen molar-refractivity contribution in [3.8, 4) is 0 Å². The summed E-state index contributed by atoms with van der Waals surface area (Å²) >= 11 is 0. The van der Waals surface area contributed by atoms with Crippen LogP contribution in [0.3, 0.4) is 0 Å². The highest BCUT2D eigenvalue weighted by atomic mass is 15.2. The van der Waals surface area contributed by atoms with Crippen molar-refractivity contribution in [2.45, 2.75) is 45.6 Å². The van der Waals surface area contributed by atoms with Gasteiger partial charge in [0, 0.05) is 12.6 Å². The number of hydrogen-bond acceptors (Lipinski definition) is 2. The van der Waals surface area contributed by atoms with E-state index in [4.69, 9.17) is 0 Å². The van der Waals surface area contributed by atoms with E-state index in [1.54, 1.807) is 0 Å². The van der Waals surface area contributed by atoms with Gasteiger partial charge in [-0.25, -0.2) is 0 Å². The molecule has 0 aromatic heterocycles. The molecule has 1 aliphatic carbocycles. The van der Waals surface area contributed by atoms with Crippen molar-refractivity contribution < 1.29 is 0 Å². The summed E-state index contributed by atoms with van der Waals surface area (Å²) in [7, 11) is 0. The second-order valence-electron chi connectivity index (χ2n) is 5.66. The van der Waals surface area contributed by atoms with Crippen LogP contribution in [0.15, 0.2) is 0 Å². The third-order valence-corrected chi connectivity index (χ3v) is 3.86. The van der Waals surface area contributed by atoms with Crippen LogP contribution < -0.4 is 5.32 Å². The Balaban J connectivity index is 1.71. The smallest absolute Gasteiger partial charge is 0.0243 e. The van der Waals surface area contributed by atoms with Gasteiger partial charge in [-0.1, -0.05) is 13.8 Å². The van der Waals surface area contributed by atoms with Crippen molar-refractivity contribution >= 4 is 0 Å². The molecular formula is C13H26N2. The van der Waals surface area contributed by atoms with Crippen molar-refractivity contribution in [2.24, 2.45) is 11.8 Å². The number of hydrogen-bond donors (Lipinski definition) is 1. The molecule has 2 heteroatoms. The van der Waals surface area contributed by atoms with E-state index >= 15 is 0 Å². The Morgan fingerprint density at radius 1 is 1.20 bits per heavy atom. The molecule has 2 rings (SSSR count). The van der Waals surface area contributed by atoms with Gasteiger partial charge >= 0.3 is 0 Å². The summed E-state index contributed by atoms with van der Waals surface area (Å²) in [6, 6.07) is 0.770. The minimum Gasteiger partial charge on any atom is -0.315 e. The molecule has 2 nitrogen and oxygen atoms in total. The molecular weight excluding hydrogens is 184 g/mol. The maximum Gasteiger partial charge on any atom is 0.0243 e. The molecule has 0 amide bonds. The fraction of sp³-hybridized carbons (Fsp3) is 1.00. The van der Waals surface area contributed by atoms with Crippen LogP contribution >= 0.6 is 0 Å². The lowest BCUT2D eigenvalue weighted by Crippen LogP contribution is -2.44. The van der Waals surface area contributed by atoms with E-state index in [0.29, 0.717) is 0 Å². The molecule has 0 aromatic carbocycles. The zero-order chi connectivity index (χ0) is 10.7. The van der Waals surface area contributed by atoms with Crippen LogP contribution in [0, 0.1) is 11.8 Å². The lowest BCUT2D eigenvalue weighted by molar-refractivity contribution is 0.186. The monoisotopic (exact) mass is 210 g/mol. The Morgan fingerprint density at radius 2 is 1.87 bits per heavy atom. The summed E-state index contributed by atoms with van der Waals surface area (Å²) in [6.45, 7) is 9.84. The third kappa shape index (κ3) is 3.46. The molecule has 1 atom stereocenters. The molecule has 88 valence electrons. The molecule has 1 saturated carbocycles. The van der Waals surface area contributed by atoms with Crippen LogP contribution in [-0.2, 0) is 0 Å². The molecule has 1 aliphatic heterocycles. The summed E-state index contributed by atoms with van der Waals surface area (Å²) in [4.78, 5) is 2.69. The molecule has 1 unspecified atom stereocenters. The van der Waals surface area contributed by atoms with Gasteiger partial charge in [0.05, 0.1) is 0 Å². The van der Waals surface area contributed by atoms with Crippen molar-refractivity contribution in [1.29, 1.82) is 0 Å². The number of nitrogens with zero attached hydrogens (tertiary/aromatic N) is 1. The number of likely N-dealkylation sites (tertiary alicyclic amines) is 1. The second-order valence-corrected chi connectivity index (χ2v) is 5.66. The van der Waals surface area contributed by atoms with Crippen molar-refractivity contribution in [1.82, 2.24) is 10.2 Å². The Kier molecular flexibility index (Phi) is 4.04. The van der Waals surface area contributed by atoms with E-state index in [1.165, 1.54) is 51.9 Å². The van der Waals surface area contributed by atoms with Gasteiger partial charge in [0.15, 0.2) is 0 Å². The van der Waals surface area contributed by atoms with Crippen LogP contribution in [0.1, 0.15) is 39.5 Å². The van der Waals surface area contributed by atoms with Crippen LogP contribution in [0.25, 0.3) is 0 Å². The van der Waals surface area contributed by atoms with Gasteiger partial charge in [0.2, 0.25) is 0 Å². The van der Waals surface area contributed by atoms with E-state index in [9.17, 15) is 0 Å². The Morgan fingerprint density at radius 3 is 2.40 bits per heavy atom. The maximum absolute atomic E-state index is 3.66. The summed E-state index contributed by atoms with van der Waals surface area (Å²) in [5.74, 6) is 1.80. The molecule has 2 aliphatic rings. The van der Waals surface area contributed by atoms with Gasteiger partial charge in [0.25, 0.3) is 0 Å². The van der Waals surface area contributed by atoms with E-state index in [2.05, 4.69) is 24.1 Å². The van der Waals surface area contributed by atoms with Crippen molar-refractivity contribution in [3.05, 3.63) is 0 Å². The molecule has 0 aromatic rings. The van der Waals surface area contributed by atoms with E-state index in [-0.39, 0.29) is 0 Å². The predicted molar refractivity (Wildman–Crippen MR) is 65.0 cm³/mol. The van der Waals surface area contributed by atoms with E-state index < -0.39 is 0 Å². The first-order valence-electron chi connectivity index (χ1n) is 6.72. The first kappa shape index (κ1) is 11.4. The average molecular weight is 210 g/mol. The number of nitrogens with one attached hydrogen (secondary N) is 1. The van der Waals surface area contributed by atoms with Crippen molar-refractivity contribution in [3.63, 3.8) is 0 Å². The SMILES string of the molecule is CC(C)C(CNCC1CC1)N1CCCC1. The first-order valence-corrected chi connectivity index (χ1v) is 6.72. The normalized spacial score (nSPS) is 25.0. The summed E-state index contributed by atoms with van der Waals surface area (Å²) < 4.78 is 0. The number of rotatable bonds is 6. The first-order chi connectivity index (χ1) is 7.27. The molecule has 0 bridgehead atoms. The Bertz CT molecular complexity index is 181. The van der Waals surface area contributed by atoms with Gasteiger partial charge in [0.1, 0.15) is 0 Å². The van der Waals surface area contributed by atoms with Gasteiger partial charge in [-0.2, -0.15) is 0 Å². The molecule has 1 heterocycles. The maximum atomic E-state index is 3.66. The summed E-state index contributed by atoms with van der Waals surface area (Å²) in [5.41, 5.74) is 0. The van der Waals surface area contributed by atoms with Crippen LogP contribution in [0.4, 0.5) is 0 Å². The van der Waals surface area contributed by atoms with Crippen LogP contribution in [-0.4, -0.2) is 37.1 Å². The van der Waals surface area contributed by atoms with Crippen molar-refractivity contribution in [2.75, 3.05) is 26.2 Å². The fourth-order valence-corrected chi connectivity index (χ4v) is 2.62. The molecule has 1 N–H and O–H groups in total. The molecule has 2 fully saturated rings. The lowest BCUT2D eigenvalue weighted by Gasteiger charge is -2.31. The fourth-order valence-electron chi connectivity index (χ4n) is 2.62. The standard InChI is InChI=1S/C13H26N2/c1-11(2)13(15-7-3-4-8-15)10-14-9-12-5-6-12/h11-14H,3-10H2,1-2H3. The largest absolute Gasteiger partial charge is 0.315 e. The minimum absolute atomic E-state index is 0.770. The lowest BCUT2D eigenvalue weighted by atomic mass is 10.0. The second kappa shape index (κ2) is 5.31. The Hall–Kier alpha value is -0.0800. The van der Waals surface area contributed by atoms with Gasteiger partial charge < -0.3 is 5.32 Å². The zero-order valence-corrected chi connectivity index (χ0v) is 10.3. The van der Waals surface area contributed by atoms with Gasteiger partial charge in [-0.3, -0.25) is 4.90 Å². The Labute approximate surface area is 94.4 Å². The quantitative estimate of drug-likeness (QED) is 0.722. The topological polar surface area (TPSA) is 15.3 Å². The highest BCUT2D eigenvalue weighted by Gasteiger charge is 2.25. The highest BCUT2D eigenvalue weighted by Crippen LogP contribution is 2.27. The minimum atomic E-state index is 0.770. The van der Waals surface area contributed by atoms with Gasteiger partial charge in [-0.15, -0.1) is 0 Å². The molecule has 15 heavy (non-hydrogen) atoms. The van der Waals surface area contributed by atoms with Crippen LogP contribution in [0.2, 0.25) is 0 Å².